The van der Waals surface area contributed by atoms with Crippen molar-refractivity contribution in [3.8, 4) is 0 Å². The number of rotatable bonds is 7. The summed E-state index contributed by atoms with van der Waals surface area (Å²) in [7, 11) is -7.04. The third-order valence-corrected chi connectivity index (χ3v) is 8.17. The summed E-state index contributed by atoms with van der Waals surface area (Å²) in [5, 5.41) is 0. The van der Waals surface area contributed by atoms with E-state index in [4.69, 9.17) is 0 Å². The summed E-state index contributed by atoms with van der Waals surface area (Å²) >= 11 is 0. The molecule has 1 aliphatic rings. The van der Waals surface area contributed by atoms with Gasteiger partial charge in [-0.05, 0) is 43.2 Å². The topological polar surface area (TPSA) is 121 Å². The van der Waals surface area contributed by atoms with E-state index in [1.54, 1.807) is 29.2 Å². The van der Waals surface area contributed by atoms with E-state index in [0.717, 1.165) is 0 Å². The van der Waals surface area contributed by atoms with E-state index in [-0.39, 0.29) is 29.7 Å². The Morgan fingerprint density at radius 3 is 2.03 bits per heavy atom. The summed E-state index contributed by atoms with van der Waals surface area (Å²) < 4.78 is 52.4. The third kappa shape index (κ3) is 6.47. The molecule has 1 saturated heterocycles. The SMILES string of the molecule is CC(=O)c1ccc(S(=O)(=O)NCc2ccc(C(=O)N3CCCN(S(C)(=O)=O)CC3)cc2)cc1. The predicted octanol–water partition coefficient (Wildman–Crippen LogP) is 1.48. The van der Waals surface area contributed by atoms with Gasteiger partial charge in [-0.2, -0.15) is 0 Å². The molecule has 0 bridgehead atoms. The zero-order chi connectivity index (χ0) is 24.2. The number of Topliss-reactive ketones (excluding diaryl/α,β-unsaturated/α-hetero) is 1. The van der Waals surface area contributed by atoms with Gasteiger partial charge in [-0.3, -0.25) is 9.59 Å². The van der Waals surface area contributed by atoms with Crippen LogP contribution in [0.2, 0.25) is 0 Å². The molecule has 2 aromatic carbocycles. The molecule has 1 N–H and O–H groups in total. The van der Waals surface area contributed by atoms with Crippen LogP contribution in [0.5, 0.6) is 0 Å². The Kier molecular flexibility index (Phi) is 7.68. The molecule has 33 heavy (non-hydrogen) atoms. The Morgan fingerprint density at radius 1 is 0.848 bits per heavy atom. The number of nitrogens with zero attached hydrogens (tertiary/aromatic N) is 2. The second kappa shape index (κ2) is 10.1. The maximum atomic E-state index is 12.8. The molecule has 1 amide bonds. The van der Waals surface area contributed by atoms with Crippen molar-refractivity contribution in [3.63, 3.8) is 0 Å². The minimum atomic E-state index is -3.76. The second-order valence-corrected chi connectivity index (χ2v) is 11.7. The highest BCUT2D eigenvalue weighted by Crippen LogP contribution is 2.14. The Labute approximate surface area is 194 Å². The summed E-state index contributed by atoms with van der Waals surface area (Å²) in [4.78, 5) is 25.9. The maximum absolute atomic E-state index is 12.8. The quantitative estimate of drug-likeness (QED) is 0.583. The molecule has 1 fully saturated rings. The lowest BCUT2D eigenvalue weighted by molar-refractivity contribution is 0.0764. The van der Waals surface area contributed by atoms with Crippen molar-refractivity contribution >= 4 is 31.7 Å². The molecule has 11 heteroatoms. The lowest BCUT2D eigenvalue weighted by Crippen LogP contribution is -2.36. The van der Waals surface area contributed by atoms with Crippen molar-refractivity contribution in [2.24, 2.45) is 0 Å². The van der Waals surface area contributed by atoms with E-state index in [0.29, 0.717) is 42.7 Å². The van der Waals surface area contributed by atoms with Crippen LogP contribution < -0.4 is 4.72 Å². The van der Waals surface area contributed by atoms with Gasteiger partial charge in [0.15, 0.2) is 5.78 Å². The lowest BCUT2D eigenvalue weighted by Gasteiger charge is -2.21. The summed E-state index contributed by atoms with van der Waals surface area (Å²) in [6.07, 6.45) is 1.73. The average Bonchev–Trinajstić information content (AvgIpc) is 3.04. The van der Waals surface area contributed by atoms with Crippen LogP contribution in [0.25, 0.3) is 0 Å². The molecule has 0 aromatic heterocycles. The zero-order valence-corrected chi connectivity index (χ0v) is 20.2. The van der Waals surface area contributed by atoms with Crippen LogP contribution in [0, 0.1) is 0 Å². The molecule has 0 radical (unpaired) electrons. The normalized spacial score (nSPS) is 15.8. The van der Waals surface area contributed by atoms with E-state index < -0.39 is 20.0 Å². The number of sulfonamides is 2. The molecule has 9 nitrogen and oxygen atoms in total. The van der Waals surface area contributed by atoms with Crippen LogP contribution in [0.1, 0.15) is 39.6 Å². The van der Waals surface area contributed by atoms with Crippen LogP contribution in [-0.2, 0) is 26.6 Å². The number of hydrogen-bond acceptors (Lipinski definition) is 6. The van der Waals surface area contributed by atoms with E-state index in [2.05, 4.69) is 4.72 Å². The van der Waals surface area contributed by atoms with Gasteiger partial charge < -0.3 is 4.90 Å². The van der Waals surface area contributed by atoms with Gasteiger partial charge in [-0.15, -0.1) is 0 Å². The highest BCUT2D eigenvalue weighted by Gasteiger charge is 2.24. The number of amides is 1. The molecular formula is C22H27N3O6S2. The number of carbonyl (C=O) groups excluding carboxylic acids is 2. The highest BCUT2D eigenvalue weighted by atomic mass is 32.2. The van der Waals surface area contributed by atoms with Crippen LogP contribution in [0.4, 0.5) is 0 Å². The highest BCUT2D eigenvalue weighted by molar-refractivity contribution is 7.89. The molecule has 1 aliphatic heterocycles. The number of nitrogens with one attached hydrogen (secondary N) is 1. The Hall–Kier alpha value is -2.60. The van der Waals surface area contributed by atoms with Crippen LogP contribution in [-0.4, -0.2) is 70.2 Å². The Morgan fingerprint density at radius 2 is 1.45 bits per heavy atom. The van der Waals surface area contributed by atoms with Gasteiger partial charge in [0.25, 0.3) is 5.91 Å². The molecule has 0 saturated carbocycles. The summed E-state index contributed by atoms with van der Waals surface area (Å²) in [5.74, 6) is -0.336. The number of carbonyl (C=O) groups is 2. The van der Waals surface area contributed by atoms with Crippen molar-refractivity contribution in [2.75, 3.05) is 32.4 Å². The first-order chi connectivity index (χ1) is 15.5. The minimum absolute atomic E-state index is 0.0400. The molecule has 2 aromatic rings. The number of ketones is 1. The summed E-state index contributed by atoms with van der Waals surface area (Å²) in [5.41, 5.74) is 1.56. The molecule has 3 rings (SSSR count). The Balaban J connectivity index is 1.60. The van der Waals surface area contributed by atoms with Crippen LogP contribution >= 0.6 is 0 Å². The van der Waals surface area contributed by atoms with E-state index in [9.17, 15) is 26.4 Å². The van der Waals surface area contributed by atoms with Crippen molar-refractivity contribution < 1.29 is 26.4 Å². The lowest BCUT2D eigenvalue weighted by atomic mass is 10.1. The fourth-order valence-electron chi connectivity index (χ4n) is 3.51. The smallest absolute Gasteiger partial charge is 0.253 e. The van der Waals surface area contributed by atoms with Gasteiger partial charge >= 0.3 is 0 Å². The predicted molar refractivity (Wildman–Crippen MR) is 124 cm³/mol. The standard InChI is InChI=1S/C22H27N3O6S2/c1-17(26)19-8-10-21(11-9-19)33(30,31)23-16-18-4-6-20(7-5-18)22(27)24-12-3-13-25(15-14-24)32(2,28)29/h4-11,23H,3,12-16H2,1-2H3. The van der Waals surface area contributed by atoms with Gasteiger partial charge in [0.05, 0.1) is 11.2 Å². The largest absolute Gasteiger partial charge is 0.337 e. The van der Waals surface area contributed by atoms with Gasteiger partial charge in [-0.1, -0.05) is 24.3 Å². The van der Waals surface area contributed by atoms with Gasteiger partial charge in [-0.25, -0.2) is 25.9 Å². The fourth-order valence-corrected chi connectivity index (χ4v) is 5.40. The monoisotopic (exact) mass is 493 g/mol. The van der Waals surface area contributed by atoms with E-state index >= 15 is 0 Å². The van der Waals surface area contributed by atoms with Crippen molar-refractivity contribution in [1.29, 1.82) is 0 Å². The fraction of sp³-hybridized carbons (Fsp3) is 0.364. The van der Waals surface area contributed by atoms with Gasteiger partial charge in [0, 0.05) is 43.9 Å². The maximum Gasteiger partial charge on any atom is 0.253 e. The molecule has 0 aliphatic carbocycles. The number of benzene rings is 2. The van der Waals surface area contributed by atoms with E-state index in [1.807, 2.05) is 0 Å². The molecule has 1 heterocycles. The number of hydrogen-bond donors (Lipinski definition) is 1. The molecule has 0 atom stereocenters. The molecule has 0 spiro atoms. The molecule has 178 valence electrons. The first kappa shape index (κ1) is 25.0. The van der Waals surface area contributed by atoms with Crippen molar-refractivity contribution in [3.05, 3.63) is 65.2 Å². The van der Waals surface area contributed by atoms with Crippen LogP contribution in [0.3, 0.4) is 0 Å². The molecular weight excluding hydrogens is 466 g/mol. The second-order valence-electron chi connectivity index (χ2n) is 7.91. The van der Waals surface area contributed by atoms with Crippen LogP contribution in [0.15, 0.2) is 53.4 Å². The summed E-state index contributed by atoms with van der Waals surface area (Å²) in [6, 6.07) is 12.3. The first-order valence-corrected chi connectivity index (χ1v) is 13.7. The van der Waals surface area contributed by atoms with Crippen molar-refractivity contribution in [2.45, 2.75) is 24.8 Å². The van der Waals surface area contributed by atoms with E-state index in [1.165, 1.54) is 41.8 Å². The molecule has 0 unspecified atom stereocenters. The van der Waals surface area contributed by atoms with Crippen molar-refractivity contribution in [1.82, 2.24) is 13.9 Å². The van der Waals surface area contributed by atoms with Gasteiger partial charge in [0.1, 0.15) is 0 Å². The first-order valence-electron chi connectivity index (χ1n) is 10.4. The summed E-state index contributed by atoms with van der Waals surface area (Å²) in [6.45, 7) is 2.88. The Bertz CT molecular complexity index is 1220. The minimum Gasteiger partial charge on any atom is -0.337 e. The zero-order valence-electron chi connectivity index (χ0n) is 18.5. The average molecular weight is 494 g/mol. The van der Waals surface area contributed by atoms with Gasteiger partial charge in [0.2, 0.25) is 20.0 Å². The third-order valence-electron chi connectivity index (χ3n) is 5.45.